The first-order valence-electron chi connectivity index (χ1n) is 18.1. The average Bonchev–Trinajstić information content (AvgIpc) is 3.28. The van der Waals surface area contributed by atoms with Crippen molar-refractivity contribution in [3.8, 4) is 0 Å². The molecule has 0 radical (unpaired) electrons. The number of nitrogens with zero attached hydrogens (tertiary/aromatic N) is 1. The summed E-state index contributed by atoms with van der Waals surface area (Å²) in [4.78, 5) is 2.87. The summed E-state index contributed by atoms with van der Waals surface area (Å²) >= 11 is 0. The van der Waals surface area contributed by atoms with Crippen LogP contribution in [0.15, 0.2) is 0 Å². The van der Waals surface area contributed by atoms with E-state index >= 15 is 0 Å². The Morgan fingerprint density at radius 2 is 1.52 bits per heavy atom. The summed E-state index contributed by atoms with van der Waals surface area (Å²) in [6, 6.07) is 0.396. The van der Waals surface area contributed by atoms with Crippen molar-refractivity contribution in [1.82, 2.24) is 4.90 Å². The number of hydrogen-bond donors (Lipinski definition) is 3. The Kier molecular flexibility index (Phi) is 5.73. The SMILES string of the molecule is C[C@H]1CC[C@@H]2N(C1)C[C@H]1[C@H]3C[C@H]4[C@]5(CCC[C@@]46CC[C@H](O)C[C@@H]6[C@@H](O)C5)[C@@H]3C[C@@H]3CCC4(CCCCC4)[C@]2(O)[C@@H]31. The van der Waals surface area contributed by atoms with Crippen molar-refractivity contribution in [3.05, 3.63) is 0 Å². The molecular weight excluding hydrogens is 494 g/mol. The summed E-state index contributed by atoms with van der Waals surface area (Å²) in [5.74, 6) is 5.17. The van der Waals surface area contributed by atoms with Crippen LogP contribution >= 0.6 is 0 Å². The molecule has 2 saturated heterocycles. The van der Waals surface area contributed by atoms with Crippen LogP contribution in [0.1, 0.15) is 122 Å². The van der Waals surface area contributed by atoms with E-state index in [4.69, 9.17) is 0 Å². The Labute approximate surface area is 243 Å². The van der Waals surface area contributed by atoms with Crippen molar-refractivity contribution in [2.45, 2.75) is 146 Å². The molecule has 0 aromatic rings. The first kappa shape index (κ1) is 26.3. The summed E-state index contributed by atoms with van der Waals surface area (Å²) in [5, 5.41) is 36.1. The molecule has 2 heterocycles. The van der Waals surface area contributed by atoms with E-state index in [1.807, 2.05) is 0 Å². The Morgan fingerprint density at radius 3 is 2.38 bits per heavy atom. The fourth-order valence-electron chi connectivity index (χ4n) is 15.8. The number of piperidine rings is 2. The van der Waals surface area contributed by atoms with Crippen LogP contribution in [0.5, 0.6) is 0 Å². The highest BCUT2D eigenvalue weighted by Crippen LogP contribution is 2.78. The van der Waals surface area contributed by atoms with Gasteiger partial charge in [-0.2, -0.15) is 0 Å². The summed E-state index contributed by atoms with van der Waals surface area (Å²) in [5.41, 5.74) is 0.284. The van der Waals surface area contributed by atoms with Gasteiger partial charge >= 0.3 is 0 Å². The summed E-state index contributed by atoms with van der Waals surface area (Å²) in [6.07, 6.45) is 22.0. The van der Waals surface area contributed by atoms with Gasteiger partial charge in [0, 0.05) is 24.5 Å². The minimum atomic E-state index is -0.486. The molecule has 0 unspecified atom stereocenters. The van der Waals surface area contributed by atoms with E-state index in [0.717, 1.165) is 49.4 Å². The minimum absolute atomic E-state index is 0.167. The Hall–Kier alpha value is -0.160. The van der Waals surface area contributed by atoms with Gasteiger partial charge in [-0.25, -0.2) is 0 Å². The zero-order valence-corrected chi connectivity index (χ0v) is 25.3. The Bertz CT molecular complexity index is 1030. The molecule has 2 spiro atoms. The summed E-state index contributed by atoms with van der Waals surface area (Å²) < 4.78 is 0. The van der Waals surface area contributed by atoms with Gasteiger partial charge in [0.25, 0.3) is 0 Å². The quantitative estimate of drug-likeness (QED) is 0.337. The van der Waals surface area contributed by atoms with E-state index in [1.54, 1.807) is 0 Å². The molecule has 9 rings (SSSR count). The maximum Gasteiger partial charge on any atom is 0.0891 e. The number of rotatable bonds is 0. The molecule has 2 aliphatic heterocycles. The van der Waals surface area contributed by atoms with Crippen LogP contribution in [0.25, 0.3) is 0 Å². The highest BCUT2D eigenvalue weighted by atomic mass is 16.3. The first-order chi connectivity index (χ1) is 19.3. The zero-order chi connectivity index (χ0) is 27.1. The van der Waals surface area contributed by atoms with Crippen LogP contribution in [0.4, 0.5) is 0 Å². The molecule has 0 aromatic heterocycles. The van der Waals surface area contributed by atoms with Crippen LogP contribution in [-0.4, -0.2) is 57.2 Å². The lowest BCUT2D eigenvalue weighted by molar-refractivity contribution is -0.284. The van der Waals surface area contributed by atoms with Gasteiger partial charge in [-0.3, -0.25) is 4.90 Å². The molecule has 9 fully saturated rings. The van der Waals surface area contributed by atoms with E-state index in [0.29, 0.717) is 35.1 Å². The molecule has 3 N–H and O–H groups in total. The monoisotopic (exact) mass is 551 g/mol. The molecule has 9 aliphatic rings. The average molecular weight is 552 g/mol. The van der Waals surface area contributed by atoms with Gasteiger partial charge in [-0.1, -0.05) is 32.6 Å². The second-order valence-corrected chi connectivity index (χ2v) is 17.7. The van der Waals surface area contributed by atoms with Gasteiger partial charge in [0.1, 0.15) is 0 Å². The van der Waals surface area contributed by atoms with Gasteiger partial charge in [0.2, 0.25) is 0 Å². The standard InChI is InChI=1S/C36H57NO3/c1-22-6-7-31-36(40)32-23(8-14-33(36)10-3-2-4-11-33)16-27-25(26(32)21-37(31)20-22)18-30-34-12-5-13-35(27,30)19-29(39)28(34)17-24(38)9-15-34/h22-32,38-40H,2-21H2,1H3/t22-,23-,24-,25+,26-,27+,28+,29-,30+,31-,32-,34-,35-,36+/m0/s1. The highest BCUT2D eigenvalue weighted by molar-refractivity contribution is 5.25. The molecule has 0 aromatic carbocycles. The zero-order valence-electron chi connectivity index (χ0n) is 25.3. The van der Waals surface area contributed by atoms with Crippen LogP contribution in [0, 0.1) is 63.6 Å². The van der Waals surface area contributed by atoms with Crippen LogP contribution in [0.2, 0.25) is 0 Å². The Balaban J connectivity index is 1.15. The van der Waals surface area contributed by atoms with Gasteiger partial charge in [0.05, 0.1) is 17.8 Å². The van der Waals surface area contributed by atoms with Gasteiger partial charge in [-0.15, -0.1) is 0 Å². The van der Waals surface area contributed by atoms with E-state index in [2.05, 4.69) is 11.8 Å². The molecule has 0 amide bonds. The first-order valence-corrected chi connectivity index (χ1v) is 18.1. The Morgan fingerprint density at radius 1 is 0.700 bits per heavy atom. The minimum Gasteiger partial charge on any atom is -0.393 e. The third-order valence-electron chi connectivity index (χ3n) is 16.8. The maximum absolute atomic E-state index is 13.6. The predicted octanol–water partition coefficient (Wildman–Crippen LogP) is 6.16. The van der Waals surface area contributed by atoms with Gasteiger partial charge in [-0.05, 0) is 148 Å². The van der Waals surface area contributed by atoms with E-state index < -0.39 is 5.60 Å². The lowest BCUT2D eigenvalue weighted by Gasteiger charge is -2.71. The molecular formula is C36H57NO3. The van der Waals surface area contributed by atoms with E-state index in [-0.39, 0.29) is 23.0 Å². The molecule has 224 valence electrons. The van der Waals surface area contributed by atoms with Crippen LogP contribution in [-0.2, 0) is 0 Å². The molecule has 4 nitrogen and oxygen atoms in total. The third-order valence-corrected chi connectivity index (χ3v) is 16.8. The van der Waals surface area contributed by atoms with Gasteiger partial charge in [0.15, 0.2) is 0 Å². The van der Waals surface area contributed by atoms with Gasteiger partial charge < -0.3 is 15.3 Å². The smallest absolute Gasteiger partial charge is 0.0891 e. The fourth-order valence-corrected chi connectivity index (χ4v) is 15.8. The van der Waals surface area contributed by atoms with Crippen LogP contribution in [0.3, 0.4) is 0 Å². The van der Waals surface area contributed by atoms with Crippen molar-refractivity contribution in [2.75, 3.05) is 13.1 Å². The second-order valence-electron chi connectivity index (χ2n) is 17.7. The number of aliphatic hydroxyl groups is 3. The summed E-state index contributed by atoms with van der Waals surface area (Å²) in [6.45, 7) is 4.90. The molecule has 2 bridgehead atoms. The largest absolute Gasteiger partial charge is 0.393 e. The lowest BCUT2D eigenvalue weighted by atomic mass is 9.38. The number of fused-ring (bicyclic) bond motifs is 5. The fraction of sp³-hybridized carbons (Fsp3) is 1.00. The van der Waals surface area contributed by atoms with E-state index in [9.17, 15) is 15.3 Å². The normalized spacial score (nSPS) is 60.1. The van der Waals surface area contributed by atoms with Crippen molar-refractivity contribution < 1.29 is 15.3 Å². The van der Waals surface area contributed by atoms with E-state index in [1.165, 1.54) is 103 Å². The molecule has 14 atom stereocenters. The molecule has 4 heteroatoms. The van der Waals surface area contributed by atoms with Crippen molar-refractivity contribution >= 4 is 0 Å². The predicted molar refractivity (Wildman–Crippen MR) is 156 cm³/mol. The molecule has 7 aliphatic carbocycles. The van der Waals surface area contributed by atoms with Crippen molar-refractivity contribution in [2.24, 2.45) is 63.6 Å². The maximum atomic E-state index is 13.6. The number of aliphatic hydroxyl groups excluding tert-OH is 2. The van der Waals surface area contributed by atoms with Crippen molar-refractivity contribution in [3.63, 3.8) is 0 Å². The molecule has 7 saturated carbocycles. The topological polar surface area (TPSA) is 63.9 Å². The lowest BCUT2D eigenvalue weighted by Crippen LogP contribution is -2.77. The second kappa shape index (κ2) is 8.72. The number of hydrogen-bond acceptors (Lipinski definition) is 4. The third kappa shape index (κ3) is 3.09. The highest BCUT2D eigenvalue weighted by Gasteiger charge is 2.75. The van der Waals surface area contributed by atoms with Crippen molar-refractivity contribution in [1.29, 1.82) is 0 Å². The van der Waals surface area contributed by atoms with Crippen LogP contribution < -0.4 is 0 Å². The summed E-state index contributed by atoms with van der Waals surface area (Å²) in [7, 11) is 0. The molecule has 40 heavy (non-hydrogen) atoms.